The van der Waals surface area contributed by atoms with E-state index in [2.05, 4.69) is 5.32 Å². The van der Waals surface area contributed by atoms with Crippen molar-refractivity contribution in [3.05, 3.63) is 58.5 Å². The average molecular weight is 312 g/mol. The number of rotatable bonds is 3. The molecule has 1 aromatic carbocycles. The fraction of sp³-hybridized carbons (Fsp3) is 0.188. The van der Waals surface area contributed by atoms with Crippen LogP contribution in [0.1, 0.15) is 10.4 Å². The van der Waals surface area contributed by atoms with Crippen molar-refractivity contribution in [2.75, 3.05) is 24.5 Å². The molecule has 0 unspecified atom stereocenters. The van der Waals surface area contributed by atoms with Crippen LogP contribution in [0.5, 0.6) is 0 Å². The molecule has 0 bridgehead atoms. The molecule has 118 valence electrons. The van der Waals surface area contributed by atoms with Gasteiger partial charge in [-0.15, -0.1) is 0 Å². The Balaban J connectivity index is 2.03. The maximum absolute atomic E-state index is 12.1. The smallest absolute Gasteiger partial charge is 0.255 e. The first-order chi connectivity index (χ1) is 11.1. The minimum absolute atomic E-state index is 0.0216. The number of benzene rings is 1. The van der Waals surface area contributed by atoms with Gasteiger partial charge in [0.2, 0.25) is 11.8 Å². The highest BCUT2D eigenvalue weighted by Crippen LogP contribution is 2.19. The Morgan fingerprint density at radius 2 is 1.91 bits per heavy atom. The molecular weight excluding hydrogens is 296 g/mol. The first kappa shape index (κ1) is 15.0. The summed E-state index contributed by atoms with van der Waals surface area (Å²) in [6.07, 6.45) is 1.41. The maximum atomic E-state index is 12.1. The van der Waals surface area contributed by atoms with Gasteiger partial charge in [-0.1, -0.05) is 6.07 Å². The van der Waals surface area contributed by atoms with Crippen molar-refractivity contribution in [1.82, 2.24) is 9.88 Å². The van der Waals surface area contributed by atoms with Crippen LogP contribution in [0.15, 0.2) is 47.4 Å². The van der Waals surface area contributed by atoms with Crippen molar-refractivity contribution in [1.29, 1.82) is 0 Å². The zero-order valence-corrected chi connectivity index (χ0v) is 12.4. The monoisotopic (exact) mass is 312 g/mol. The number of nitrogens with zero attached hydrogens (tertiary/aromatic N) is 2. The third kappa shape index (κ3) is 3.00. The molecule has 0 saturated carbocycles. The molecule has 7 heteroatoms. The number of primary amides is 1. The maximum Gasteiger partial charge on any atom is 0.255 e. The van der Waals surface area contributed by atoms with Gasteiger partial charge < -0.3 is 16.0 Å². The Hall–Kier alpha value is -2.93. The molecule has 3 N–H and O–H groups in total. The van der Waals surface area contributed by atoms with Gasteiger partial charge in [-0.3, -0.25) is 19.0 Å². The molecule has 0 aliphatic carbocycles. The third-order valence-corrected chi connectivity index (χ3v) is 3.70. The lowest BCUT2D eigenvalue weighted by Gasteiger charge is -2.27. The van der Waals surface area contributed by atoms with Crippen molar-refractivity contribution in [3.63, 3.8) is 0 Å². The van der Waals surface area contributed by atoms with Crippen LogP contribution in [-0.4, -0.2) is 36.0 Å². The molecule has 3 rings (SSSR count). The lowest BCUT2D eigenvalue weighted by atomic mass is 10.2. The number of hydrogen-bond donors (Lipinski definition) is 2. The summed E-state index contributed by atoms with van der Waals surface area (Å²) in [5.74, 6) is -0.626. The number of amides is 2. The van der Waals surface area contributed by atoms with Crippen molar-refractivity contribution < 1.29 is 9.59 Å². The summed E-state index contributed by atoms with van der Waals surface area (Å²) in [5.41, 5.74) is 6.51. The van der Waals surface area contributed by atoms with Gasteiger partial charge in [-0.2, -0.15) is 0 Å². The standard InChI is InChI=1S/C16H16N4O3/c17-16(23)11-4-5-14(21)20(10-11)13-3-1-2-12(8-13)19-7-6-18-9-15(19)22/h1-5,8,10,18H,6-7,9H2,(H2,17,23). The Morgan fingerprint density at radius 1 is 1.13 bits per heavy atom. The van der Waals surface area contributed by atoms with Crippen LogP contribution in [0.2, 0.25) is 0 Å². The number of nitrogens with two attached hydrogens (primary N) is 1. The summed E-state index contributed by atoms with van der Waals surface area (Å²) in [6, 6.07) is 9.75. The van der Waals surface area contributed by atoms with Crippen LogP contribution in [0.4, 0.5) is 5.69 Å². The highest BCUT2D eigenvalue weighted by atomic mass is 16.2. The van der Waals surface area contributed by atoms with Crippen molar-refractivity contribution in [2.24, 2.45) is 5.73 Å². The number of nitrogens with one attached hydrogen (secondary N) is 1. The van der Waals surface area contributed by atoms with Gasteiger partial charge in [0.25, 0.3) is 5.56 Å². The van der Waals surface area contributed by atoms with Gasteiger partial charge in [0.1, 0.15) is 0 Å². The van der Waals surface area contributed by atoms with Gasteiger partial charge >= 0.3 is 0 Å². The van der Waals surface area contributed by atoms with Crippen LogP contribution in [-0.2, 0) is 4.79 Å². The van der Waals surface area contributed by atoms with Crippen LogP contribution < -0.4 is 21.5 Å². The Labute approximate surface area is 132 Å². The van der Waals surface area contributed by atoms with Crippen molar-refractivity contribution in [3.8, 4) is 5.69 Å². The number of piperazine rings is 1. The second kappa shape index (κ2) is 6.05. The van der Waals surface area contributed by atoms with Gasteiger partial charge in [0.15, 0.2) is 0 Å². The average Bonchev–Trinajstić information content (AvgIpc) is 2.55. The number of hydrogen-bond acceptors (Lipinski definition) is 4. The summed E-state index contributed by atoms with van der Waals surface area (Å²) < 4.78 is 1.34. The highest BCUT2D eigenvalue weighted by Gasteiger charge is 2.19. The van der Waals surface area contributed by atoms with Crippen LogP contribution in [0.3, 0.4) is 0 Å². The van der Waals surface area contributed by atoms with E-state index in [1.165, 1.54) is 22.9 Å². The summed E-state index contributed by atoms with van der Waals surface area (Å²) in [6.45, 7) is 1.58. The second-order valence-electron chi connectivity index (χ2n) is 5.23. The molecule has 2 amide bonds. The van der Waals surface area contributed by atoms with Crippen LogP contribution >= 0.6 is 0 Å². The summed E-state index contributed by atoms with van der Waals surface area (Å²) in [7, 11) is 0. The van der Waals surface area contributed by atoms with E-state index < -0.39 is 5.91 Å². The summed E-state index contributed by atoms with van der Waals surface area (Å²) in [4.78, 5) is 37.0. The molecule has 7 nitrogen and oxygen atoms in total. The largest absolute Gasteiger partial charge is 0.366 e. The van der Waals surface area contributed by atoms with Crippen LogP contribution in [0.25, 0.3) is 5.69 Å². The van der Waals surface area contributed by atoms with E-state index in [0.717, 1.165) is 0 Å². The van der Waals surface area contributed by atoms with E-state index in [4.69, 9.17) is 5.73 Å². The van der Waals surface area contributed by atoms with E-state index in [0.29, 0.717) is 31.0 Å². The highest BCUT2D eigenvalue weighted by molar-refractivity contribution is 5.95. The molecule has 1 aliphatic rings. The molecule has 0 atom stereocenters. The molecular formula is C16H16N4O3. The minimum Gasteiger partial charge on any atom is -0.366 e. The second-order valence-corrected chi connectivity index (χ2v) is 5.23. The zero-order valence-electron chi connectivity index (χ0n) is 12.4. The van der Waals surface area contributed by atoms with Crippen LogP contribution in [0, 0.1) is 0 Å². The van der Waals surface area contributed by atoms with E-state index in [1.54, 1.807) is 23.1 Å². The Kier molecular flexibility index (Phi) is 3.94. The number of carbonyl (C=O) groups excluding carboxylic acids is 2. The molecule has 23 heavy (non-hydrogen) atoms. The van der Waals surface area contributed by atoms with E-state index in [1.807, 2.05) is 6.07 Å². The zero-order chi connectivity index (χ0) is 16.4. The molecule has 1 aromatic heterocycles. The minimum atomic E-state index is -0.604. The summed E-state index contributed by atoms with van der Waals surface area (Å²) in [5, 5.41) is 3.01. The number of aromatic nitrogens is 1. The molecule has 2 heterocycles. The first-order valence-electron chi connectivity index (χ1n) is 7.20. The predicted octanol–water partition coefficient (Wildman–Crippen LogP) is -0.127. The van der Waals surface area contributed by atoms with Gasteiger partial charge in [-0.05, 0) is 24.3 Å². The topological polar surface area (TPSA) is 97.4 Å². The lowest BCUT2D eigenvalue weighted by molar-refractivity contribution is -0.118. The molecule has 2 aromatic rings. The molecule has 1 saturated heterocycles. The fourth-order valence-electron chi connectivity index (χ4n) is 2.52. The number of carbonyl (C=O) groups is 2. The third-order valence-electron chi connectivity index (χ3n) is 3.70. The van der Waals surface area contributed by atoms with Crippen molar-refractivity contribution in [2.45, 2.75) is 0 Å². The van der Waals surface area contributed by atoms with Gasteiger partial charge in [0, 0.05) is 31.0 Å². The number of pyridine rings is 1. The van der Waals surface area contributed by atoms with Gasteiger partial charge in [0.05, 0.1) is 17.8 Å². The molecule has 1 aliphatic heterocycles. The van der Waals surface area contributed by atoms with E-state index >= 15 is 0 Å². The fourth-order valence-corrected chi connectivity index (χ4v) is 2.52. The summed E-state index contributed by atoms with van der Waals surface area (Å²) >= 11 is 0. The first-order valence-corrected chi connectivity index (χ1v) is 7.20. The van der Waals surface area contributed by atoms with Gasteiger partial charge in [-0.25, -0.2) is 0 Å². The normalized spacial score (nSPS) is 14.8. The molecule has 1 fully saturated rings. The Bertz CT molecular complexity index is 828. The molecule has 0 spiro atoms. The van der Waals surface area contributed by atoms with E-state index in [9.17, 15) is 14.4 Å². The lowest BCUT2D eigenvalue weighted by Crippen LogP contribution is -2.48. The van der Waals surface area contributed by atoms with E-state index in [-0.39, 0.29) is 17.0 Å². The molecule has 0 radical (unpaired) electrons. The SMILES string of the molecule is NC(=O)c1ccc(=O)n(-c2cccc(N3CCNCC3=O)c2)c1. The predicted molar refractivity (Wildman–Crippen MR) is 85.8 cm³/mol. The van der Waals surface area contributed by atoms with Crippen molar-refractivity contribution >= 4 is 17.5 Å². The number of anilines is 1. The Morgan fingerprint density at radius 3 is 2.65 bits per heavy atom. The quantitative estimate of drug-likeness (QED) is 0.825.